The fraction of sp³-hybridized carbons (Fsp3) is 0.185. The molecule has 0 radical (unpaired) electrons. The van der Waals surface area contributed by atoms with Crippen molar-refractivity contribution in [3.8, 4) is 11.1 Å². The zero-order valence-corrected chi connectivity index (χ0v) is 20.9. The van der Waals surface area contributed by atoms with Crippen LogP contribution in [0.3, 0.4) is 0 Å². The second-order valence-electron chi connectivity index (χ2n) is 8.95. The van der Waals surface area contributed by atoms with Gasteiger partial charge in [-0.2, -0.15) is 18.3 Å². The molecule has 0 saturated heterocycles. The smallest absolute Gasteiger partial charge is 0.392 e. The number of primary amides is 1. The van der Waals surface area contributed by atoms with Crippen LogP contribution in [0.2, 0.25) is 0 Å². The molecule has 0 aliphatic carbocycles. The number of aliphatic hydroxyl groups excluding tert-OH is 1. The highest BCUT2D eigenvalue weighted by Gasteiger charge is 2.37. The van der Waals surface area contributed by atoms with Crippen molar-refractivity contribution in [2.45, 2.75) is 31.8 Å². The Kier molecular flexibility index (Phi) is 8.42. The lowest BCUT2D eigenvalue weighted by molar-refractivity contribution is -0.142. The van der Waals surface area contributed by atoms with Gasteiger partial charge in [0.1, 0.15) is 24.0 Å². The molecule has 0 aliphatic rings. The molecule has 2 aromatic heterocycles. The first-order chi connectivity index (χ1) is 19.3. The van der Waals surface area contributed by atoms with Crippen LogP contribution in [0.1, 0.15) is 38.9 Å². The number of alkyl halides is 3. The maximum Gasteiger partial charge on any atom is 0.435 e. The standard InChI is InChI=1S/C27H21F6N5O3/c28-17-6-14(7-18(29)10-17)8-22(36-23(40)12-38-11-16(13-39)25(37-38)27(31,32)33)24-19(2-1-5-35-24)15-3-4-21(30)20(9-15)26(34)41/h1-7,9-11,22,39H,8,12-13H2,(H2,34,41)(H,36,40). The van der Waals surface area contributed by atoms with Gasteiger partial charge in [-0.1, -0.05) is 12.1 Å². The van der Waals surface area contributed by atoms with Crippen LogP contribution >= 0.6 is 0 Å². The zero-order valence-electron chi connectivity index (χ0n) is 20.9. The summed E-state index contributed by atoms with van der Waals surface area (Å²) in [6.45, 7) is -1.67. The van der Waals surface area contributed by atoms with Crippen molar-refractivity contribution in [1.29, 1.82) is 0 Å². The van der Waals surface area contributed by atoms with E-state index in [1.807, 2.05) is 0 Å². The number of amides is 2. The predicted octanol–water partition coefficient (Wildman–Crippen LogP) is 4.07. The Labute approximate surface area is 228 Å². The van der Waals surface area contributed by atoms with Crippen molar-refractivity contribution in [2.75, 3.05) is 0 Å². The quantitative estimate of drug-likeness (QED) is 0.259. The van der Waals surface area contributed by atoms with E-state index in [0.717, 1.165) is 24.4 Å². The second kappa shape index (κ2) is 11.8. The fourth-order valence-corrected chi connectivity index (χ4v) is 4.29. The maximum atomic E-state index is 14.1. The number of nitrogens with two attached hydrogens (primary N) is 1. The van der Waals surface area contributed by atoms with Crippen molar-refractivity contribution in [3.05, 3.63) is 106 Å². The topological polar surface area (TPSA) is 123 Å². The second-order valence-corrected chi connectivity index (χ2v) is 8.95. The number of nitrogens with one attached hydrogen (secondary N) is 1. The fourth-order valence-electron chi connectivity index (χ4n) is 4.29. The number of benzene rings is 2. The van der Waals surface area contributed by atoms with Crippen LogP contribution in [-0.4, -0.2) is 31.7 Å². The van der Waals surface area contributed by atoms with Crippen LogP contribution in [0.15, 0.2) is 60.9 Å². The van der Waals surface area contributed by atoms with E-state index in [-0.39, 0.29) is 23.2 Å². The van der Waals surface area contributed by atoms with E-state index >= 15 is 0 Å². The Morgan fingerprint density at radius 1 is 1.05 bits per heavy atom. The molecule has 0 fully saturated rings. The minimum Gasteiger partial charge on any atom is -0.392 e. The zero-order chi connectivity index (χ0) is 29.9. The summed E-state index contributed by atoms with van der Waals surface area (Å²) in [6.07, 6.45) is -2.86. The lowest BCUT2D eigenvalue weighted by Gasteiger charge is -2.22. The number of nitrogens with zero attached hydrogens (tertiary/aromatic N) is 3. The summed E-state index contributed by atoms with van der Waals surface area (Å²) in [5.74, 6) is -4.52. The molecule has 2 amide bonds. The summed E-state index contributed by atoms with van der Waals surface area (Å²) >= 11 is 0. The minimum absolute atomic E-state index is 0.113. The molecule has 2 aromatic carbocycles. The Morgan fingerprint density at radius 2 is 1.76 bits per heavy atom. The van der Waals surface area contributed by atoms with Crippen molar-refractivity contribution in [3.63, 3.8) is 0 Å². The molecule has 41 heavy (non-hydrogen) atoms. The molecule has 2 heterocycles. The maximum absolute atomic E-state index is 14.1. The number of carbonyl (C=O) groups excluding carboxylic acids is 2. The summed E-state index contributed by atoms with van der Waals surface area (Å²) in [4.78, 5) is 29.0. The van der Waals surface area contributed by atoms with Crippen LogP contribution in [0.4, 0.5) is 26.3 Å². The first-order valence-corrected chi connectivity index (χ1v) is 11.9. The van der Waals surface area contributed by atoms with E-state index in [9.17, 15) is 41.0 Å². The van der Waals surface area contributed by atoms with Crippen LogP contribution in [0.5, 0.6) is 0 Å². The number of hydrogen-bond donors (Lipinski definition) is 3. The van der Waals surface area contributed by atoms with Gasteiger partial charge in [0.05, 0.1) is 23.9 Å². The molecule has 1 unspecified atom stereocenters. The summed E-state index contributed by atoms with van der Waals surface area (Å²) in [5, 5.41) is 15.2. The van der Waals surface area contributed by atoms with Crippen molar-refractivity contribution < 1.29 is 41.0 Å². The number of aromatic nitrogens is 3. The van der Waals surface area contributed by atoms with E-state index in [1.54, 1.807) is 6.07 Å². The summed E-state index contributed by atoms with van der Waals surface area (Å²) < 4.78 is 82.4. The van der Waals surface area contributed by atoms with Crippen LogP contribution in [0, 0.1) is 17.5 Å². The highest BCUT2D eigenvalue weighted by atomic mass is 19.4. The van der Waals surface area contributed by atoms with Gasteiger partial charge in [-0.25, -0.2) is 13.2 Å². The number of rotatable bonds is 9. The van der Waals surface area contributed by atoms with E-state index in [0.29, 0.717) is 16.3 Å². The van der Waals surface area contributed by atoms with Gasteiger partial charge >= 0.3 is 6.18 Å². The lowest BCUT2D eigenvalue weighted by atomic mass is 9.94. The van der Waals surface area contributed by atoms with Crippen LogP contribution in [0.25, 0.3) is 11.1 Å². The van der Waals surface area contributed by atoms with E-state index in [2.05, 4.69) is 15.4 Å². The van der Waals surface area contributed by atoms with Gasteiger partial charge in [-0.3, -0.25) is 19.3 Å². The largest absolute Gasteiger partial charge is 0.435 e. The van der Waals surface area contributed by atoms with Crippen molar-refractivity contribution in [1.82, 2.24) is 20.1 Å². The molecule has 14 heteroatoms. The molecule has 214 valence electrons. The molecule has 0 saturated carbocycles. The third kappa shape index (κ3) is 6.90. The predicted molar refractivity (Wildman–Crippen MR) is 132 cm³/mol. The lowest BCUT2D eigenvalue weighted by Crippen LogP contribution is -2.34. The Bertz CT molecular complexity index is 1580. The third-order valence-electron chi connectivity index (χ3n) is 5.99. The monoisotopic (exact) mass is 577 g/mol. The highest BCUT2D eigenvalue weighted by molar-refractivity contribution is 5.94. The first-order valence-electron chi connectivity index (χ1n) is 11.9. The van der Waals surface area contributed by atoms with Crippen LogP contribution < -0.4 is 11.1 Å². The molecule has 1 atom stereocenters. The van der Waals surface area contributed by atoms with Gasteiger partial charge in [0.25, 0.3) is 5.91 Å². The molecule has 0 bridgehead atoms. The number of halogens is 6. The molecule has 8 nitrogen and oxygen atoms in total. The van der Waals surface area contributed by atoms with Gasteiger partial charge in [0.15, 0.2) is 5.69 Å². The SMILES string of the molecule is NC(=O)c1cc(-c2cccnc2C(Cc2cc(F)cc(F)c2)NC(=O)Cn2cc(CO)c(C(F)(F)F)n2)ccc1F. The Morgan fingerprint density at radius 3 is 2.37 bits per heavy atom. The van der Waals surface area contributed by atoms with Crippen LogP contribution in [-0.2, 0) is 30.5 Å². The number of carbonyl (C=O) groups is 2. The Hall–Kier alpha value is -4.72. The van der Waals surface area contributed by atoms with Gasteiger partial charge in [0, 0.05) is 29.6 Å². The normalized spacial score (nSPS) is 12.3. The van der Waals surface area contributed by atoms with Gasteiger partial charge < -0.3 is 16.2 Å². The summed E-state index contributed by atoms with van der Waals surface area (Å²) in [5.41, 5.74) is 3.79. The summed E-state index contributed by atoms with van der Waals surface area (Å²) in [7, 11) is 0. The molecular formula is C27H21F6N5O3. The van der Waals surface area contributed by atoms with Gasteiger partial charge in [0.2, 0.25) is 5.91 Å². The molecule has 4 aromatic rings. The Balaban J connectivity index is 1.73. The molecule has 0 spiro atoms. The van der Waals surface area contributed by atoms with E-state index in [4.69, 9.17) is 5.73 Å². The molecular weight excluding hydrogens is 556 g/mol. The molecule has 0 aliphatic heterocycles. The van der Waals surface area contributed by atoms with Gasteiger partial charge in [-0.05, 0) is 47.9 Å². The minimum atomic E-state index is -4.87. The highest BCUT2D eigenvalue weighted by Crippen LogP contribution is 2.32. The van der Waals surface area contributed by atoms with Crippen molar-refractivity contribution in [2.24, 2.45) is 5.73 Å². The van der Waals surface area contributed by atoms with E-state index in [1.165, 1.54) is 24.4 Å². The average Bonchev–Trinajstić information content (AvgIpc) is 3.31. The summed E-state index contributed by atoms with van der Waals surface area (Å²) in [6, 6.07) is 8.19. The number of aliphatic hydroxyl groups is 1. The average molecular weight is 577 g/mol. The van der Waals surface area contributed by atoms with Gasteiger partial charge in [-0.15, -0.1) is 0 Å². The molecule has 4 rings (SSSR count). The third-order valence-corrected chi connectivity index (χ3v) is 5.99. The van der Waals surface area contributed by atoms with Crippen molar-refractivity contribution >= 4 is 11.8 Å². The number of hydrogen-bond acceptors (Lipinski definition) is 5. The van der Waals surface area contributed by atoms with E-state index < -0.39 is 71.5 Å². The molecule has 4 N–H and O–H groups in total. The first kappa shape index (κ1) is 29.3. The number of pyridine rings is 1.